The lowest BCUT2D eigenvalue weighted by Gasteiger charge is -2.06. The molecule has 0 bridgehead atoms. The fourth-order valence-electron chi connectivity index (χ4n) is 2.65. The molecule has 0 atom stereocenters. The van der Waals surface area contributed by atoms with Gasteiger partial charge in [-0.15, -0.1) is 16.8 Å². The third-order valence-electron chi connectivity index (χ3n) is 3.87. The van der Waals surface area contributed by atoms with Crippen molar-refractivity contribution in [2.45, 2.75) is 31.3 Å². The lowest BCUT2D eigenvalue weighted by atomic mass is 10.2. The third-order valence-corrected chi connectivity index (χ3v) is 5.94. The van der Waals surface area contributed by atoms with Gasteiger partial charge in [0.25, 0.3) is 5.56 Å². The summed E-state index contributed by atoms with van der Waals surface area (Å²) in [6.45, 7) is 8.09. The predicted octanol–water partition coefficient (Wildman–Crippen LogP) is 3.10. The van der Waals surface area contributed by atoms with E-state index in [4.69, 9.17) is 4.42 Å². The number of allylic oxidation sites excluding steroid dienone is 1. The highest BCUT2D eigenvalue weighted by atomic mass is 32.2. The first-order valence-electron chi connectivity index (χ1n) is 8.14. The molecule has 0 aliphatic carbocycles. The van der Waals surface area contributed by atoms with Gasteiger partial charge in [-0.1, -0.05) is 29.2 Å². The molecule has 4 aromatic heterocycles. The Balaban J connectivity index is 1.62. The highest BCUT2D eigenvalue weighted by molar-refractivity contribution is 7.98. The smallest absolute Gasteiger partial charge is 0.275 e. The Morgan fingerprint density at radius 1 is 1.37 bits per heavy atom. The van der Waals surface area contributed by atoms with Crippen molar-refractivity contribution in [2.75, 3.05) is 0 Å². The zero-order chi connectivity index (χ0) is 19.0. The summed E-state index contributed by atoms with van der Waals surface area (Å²) < 4.78 is 8.70. The molecule has 4 heterocycles. The second-order valence-electron chi connectivity index (χ2n) is 5.81. The summed E-state index contributed by atoms with van der Waals surface area (Å²) in [7, 11) is 0. The molecule has 10 heteroatoms. The van der Waals surface area contributed by atoms with Crippen molar-refractivity contribution in [3.63, 3.8) is 0 Å². The van der Waals surface area contributed by atoms with Crippen LogP contribution in [0.15, 0.2) is 45.4 Å². The molecule has 0 N–H and O–H groups in total. The van der Waals surface area contributed by atoms with Crippen LogP contribution in [0.4, 0.5) is 0 Å². The van der Waals surface area contributed by atoms with E-state index in [9.17, 15) is 4.79 Å². The minimum atomic E-state index is -0.169. The Morgan fingerprint density at radius 2 is 2.22 bits per heavy atom. The van der Waals surface area contributed by atoms with Gasteiger partial charge in [0.2, 0.25) is 4.96 Å². The average molecular weight is 400 g/mol. The Hall–Kier alpha value is -2.72. The zero-order valence-corrected chi connectivity index (χ0v) is 16.4. The van der Waals surface area contributed by atoms with Crippen molar-refractivity contribution in [1.29, 1.82) is 0 Å². The van der Waals surface area contributed by atoms with Gasteiger partial charge in [0.05, 0.1) is 17.6 Å². The molecule has 0 aliphatic heterocycles. The van der Waals surface area contributed by atoms with Crippen molar-refractivity contribution >= 4 is 28.1 Å². The fraction of sp³-hybridized carbons (Fsp3) is 0.235. The summed E-state index contributed by atoms with van der Waals surface area (Å²) in [5.74, 6) is 2.09. The number of aromatic nitrogens is 6. The number of hydrogen-bond donors (Lipinski definition) is 0. The summed E-state index contributed by atoms with van der Waals surface area (Å²) in [4.78, 5) is 17.0. The Morgan fingerprint density at radius 3 is 2.96 bits per heavy atom. The maximum Gasteiger partial charge on any atom is 0.275 e. The molecule has 8 nitrogen and oxygen atoms in total. The van der Waals surface area contributed by atoms with E-state index in [1.165, 1.54) is 33.7 Å². The van der Waals surface area contributed by atoms with Crippen LogP contribution in [0, 0.1) is 13.8 Å². The first kappa shape index (κ1) is 17.7. The van der Waals surface area contributed by atoms with Crippen LogP contribution in [0.1, 0.15) is 16.5 Å². The van der Waals surface area contributed by atoms with E-state index in [2.05, 4.69) is 26.9 Å². The second kappa shape index (κ2) is 7.12. The lowest BCUT2D eigenvalue weighted by molar-refractivity contribution is 0.534. The minimum absolute atomic E-state index is 0.169. The van der Waals surface area contributed by atoms with Gasteiger partial charge in [0.1, 0.15) is 10.8 Å². The molecular weight excluding hydrogens is 384 g/mol. The normalized spacial score (nSPS) is 11.3. The van der Waals surface area contributed by atoms with E-state index < -0.39 is 0 Å². The summed E-state index contributed by atoms with van der Waals surface area (Å²) in [6.07, 6.45) is 3.44. The summed E-state index contributed by atoms with van der Waals surface area (Å²) in [5.41, 5.74) is 1.42. The molecule has 0 amide bonds. The largest absolute Gasteiger partial charge is 0.469 e. The molecule has 0 fully saturated rings. The number of nitrogens with zero attached hydrogens (tertiary/aromatic N) is 6. The predicted molar refractivity (Wildman–Crippen MR) is 104 cm³/mol. The van der Waals surface area contributed by atoms with E-state index in [0.717, 1.165) is 27.3 Å². The van der Waals surface area contributed by atoms with Crippen molar-refractivity contribution in [2.24, 2.45) is 0 Å². The molecule has 27 heavy (non-hydrogen) atoms. The minimum Gasteiger partial charge on any atom is -0.469 e. The molecule has 0 saturated carbocycles. The average Bonchev–Trinajstić information content (AvgIpc) is 3.32. The highest BCUT2D eigenvalue weighted by Gasteiger charge is 2.17. The maximum atomic E-state index is 12.0. The molecule has 0 aliphatic rings. The van der Waals surface area contributed by atoms with Crippen LogP contribution < -0.4 is 5.56 Å². The van der Waals surface area contributed by atoms with Gasteiger partial charge in [-0.05, 0) is 19.9 Å². The number of thioether (sulfide) groups is 1. The number of furan rings is 1. The number of rotatable bonds is 6. The van der Waals surface area contributed by atoms with Crippen LogP contribution in [0.5, 0.6) is 0 Å². The van der Waals surface area contributed by atoms with Gasteiger partial charge in [0.15, 0.2) is 11.0 Å². The van der Waals surface area contributed by atoms with Gasteiger partial charge in [0, 0.05) is 18.3 Å². The van der Waals surface area contributed by atoms with Crippen molar-refractivity contribution in [3.8, 4) is 11.4 Å². The zero-order valence-electron chi connectivity index (χ0n) is 14.7. The standard InChI is InChI=1S/C17H16N6O2S2/c1-4-6-22-15(12-5-7-25-11(12)3)19-20-17(22)26-9-13-21-23-14(24)8-10(2)18-16(23)27-13/h4-5,7-8H,1,6,9H2,2-3H3. The topological polar surface area (TPSA) is 91.1 Å². The molecule has 138 valence electrons. The second-order valence-corrected chi connectivity index (χ2v) is 7.79. The van der Waals surface area contributed by atoms with Crippen molar-refractivity contribution in [3.05, 3.63) is 57.9 Å². The van der Waals surface area contributed by atoms with Gasteiger partial charge >= 0.3 is 0 Å². The first-order chi connectivity index (χ1) is 13.1. The summed E-state index contributed by atoms with van der Waals surface area (Å²) in [5, 5.41) is 14.5. The molecular formula is C17H16N6O2S2. The fourth-order valence-corrected chi connectivity index (χ4v) is 4.53. The lowest BCUT2D eigenvalue weighted by Crippen LogP contribution is -2.14. The SMILES string of the molecule is C=CCn1c(SCc2nn3c(=O)cc(C)nc3s2)nnc1-c1ccoc1C. The van der Waals surface area contributed by atoms with Crippen LogP contribution in [-0.2, 0) is 12.3 Å². The van der Waals surface area contributed by atoms with Gasteiger partial charge in [-0.2, -0.15) is 9.61 Å². The van der Waals surface area contributed by atoms with Crippen molar-refractivity contribution < 1.29 is 4.42 Å². The highest BCUT2D eigenvalue weighted by Crippen LogP contribution is 2.29. The maximum absolute atomic E-state index is 12.0. The van der Waals surface area contributed by atoms with Gasteiger partial charge in [-0.3, -0.25) is 9.36 Å². The van der Waals surface area contributed by atoms with E-state index >= 15 is 0 Å². The summed E-state index contributed by atoms with van der Waals surface area (Å²) >= 11 is 2.90. The molecule has 0 radical (unpaired) electrons. The third kappa shape index (κ3) is 3.33. The van der Waals surface area contributed by atoms with E-state index in [1.807, 2.05) is 17.6 Å². The molecule has 0 spiro atoms. The molecule has 4 rings (SSSR count). The first-order valence-corrected chi connectivity index (χ1v) is 9.95. The van der Waals surface area contributed by atoms with Gasteiger partial charge in [-0.25, -0.2) is 4.98 Å². The number of fused-ring (bicyclic) bond motifs is 1. The quantitative estimate of drug-likeness (QED) is 0.363. The van der Waals surface area contributed by atoms with E-state index in [1.54, 1.807) is 19.3 Å². The number of hydrogen-bond acceptors (Lipinski definition) is 8. The van der Waals surface area contributed by atoms with Crippen LogP contribution in [0.3, 0.4) is 0 Å². The van der Waals surface area contributed by atoms with E-state index in [-0.39, 0.29) is 5.56 Å². The monoisotopic (exact) mass is 400 g/mol. The molecule has 0 aromatic carbocycles. The van der Waals surface area contributed by atoms with E-state index in [0.29, 0.717) is 23.0 Å². The van der Waals surface area contributed by atoms with Gasteiger partial charge < -0.3 is 4.42 Å². The van der Waals surface area contributed by atoms with Crippen LogP contribution in [0.2, 0.25) is 0 Å². The summed E-state index contributed by atoms with van der Waals surface area (Å²) in [6, 6.07) is 3.35. The van der Waals surface area contributed by atoms with Crippen molar-refractivity contribution in [1.82, 2.24) is 29.4 Å². The van der Waals surface area contributed by atoms with Crippen LogP contribution in [-0.4, -0.2) is 29.4 Å². The Labute approximate surface area is 162 Å². The molecule has 0 unspecified atom stereocenters. The molecule has 4 aromatic rings. The van der Waals surface area contributed by atoms with Crippen LogP contribution in [0.25, 0.3) is 16.3 Å². The molecule has 0 saturated heterocycles. The van der Waals surface area contributed by atoms with Crippen LogP contribution >= 0.6 is 23.1 Å². The number of aryl methyl sites for hydroxylation is 2. The Kier molecular flexibility index (Phi) is 4.66. The Bertz CT molecular complexity index is 1190.